The Balaban J connectivity index is 1.63. The smallest absolute Gasteiger partial charge is 0.326 e. The number of nitrogens with zero attached hydrogens (tertiary/aromatic N) is 2. The third-order valence-corrected chi connectivity index (χ3v) is 8.36. The van der Waals surface area contributed by atoms with Crippen LogP contribution in [0.1, 0.15) is 15.9 Å². The topological polar surface area (TPSA) is 138 Å². The summed E-state index contributed by atoms with van der Waals surface area (Å²) in [6.45, 7) is 0. The van der Waals surface area contributed by atoms with E-state index in [4.69, 9.17) is 23.2 Å². The zero-order valence-corrected chi connectivity index (χ0v) is 23.2. The molecule has 2 aromatic carbocycles. The van der Waals surface area contributed by atoms with Crippen LogP contribution < -0.4 is 10.0 Å². The highest BCUT2D eigenvalue weighted by molar-refractivity contribution is 14.1. The Morgan fingerprint density at radius 3 is 2.64 bits per heavy atom. The first-order valence-electron chi connectivity index (χ1n) is 10.0. The molecule has 186 valence electrons. The molecule has 2 heterocycles. The fourth-order valence-corrected chi connectivity index (χ4v) is 6.21. The van der Waals surface area contributed by atoms with Gasteiger partial charge in [-0.15, -0.1) is 0 Å². The van der Waals surface area contributed by atoms with Gasteiger partial charge >= 0.3 is 5.97 Å². The fourth-order valence-electron chi connectivity index (χ4n) is 3.32. The van der Waals surface area contributed by atoms with E-state index in [-0.39, 0.29) is 27.7 Å². The second-order valence-electron chi connectivity index (χ2n) is 7.45. The van der Waals surface area contributed by atoms with Crippen molar-refractivity contribution in [1.82, 2.24) is 14.7 Å². The van der Waals surface area contributed by atoms with Crippen molar-refractivity contribution in [2.45, 2.75) is 17.5 Å². The summed E-state index contributed by atoms with van der Waals surface area (Å²) in [4.78, 5) is 29.0. The molecule has 4 aromatic rings. The van der Waals surface area contributed by atoms with E-state index in [1.54, 1.807) is 24.3 Å². The number of fused-ring (bicyclic) bond motifs is 1. The van der Waals surface area contributed by atoms with Crippen LogP contribution in [0.15, 0.2) is 59.9 Å². The Morgan fingerprint density at radius 1 is 1.14 bits per heavy atom. The van der Waals surface area contributed by atoms with Gasteiger partial charge in [0.25, 0.3) is 15.9 Å². The van der Waals surface area contributed by atoms with Crippen molar-refractivity contribution in [3.05, 3.63) is 79.6 Å². The maximum absolute atomic E-state index is 13.2. The summed E-state index contributed by atoms with van der Waals surface area (Å²) in [5, 5.41) is 12.9. The SMILES string of the molecule is O=C(N[C@@H](Cc1ccc(Cl)cc1Cl)C(=O)O)c1ccc(I)cc1NS(=O)(=O)c1nccc2sncc12. The maximum Gasteiger partial charge on any atom is 0.326 e. The third kappa shape index (κ3) is 5.89. The Morgan fingerprint density at radius 2 is 1.92 bits per heavy atom. The Hall–Kier alpha value is -2.52. The summed E-state index contributed by atoms with van der Waals surface area (Å²) in [5.41, 5.74) is 0.374. The van der Waals surface area contributed by atoms with Crippen LogP contribution in [0.25, 0.3) is 10.1 Å². The number of halogens is 3. The molecule has 3 N–H and O–H groups in total. The predicted molar refractivity (Wildman–Crippen MR) is 146 cm³/mol. The van der Waals surface area contributed by atoms with E-state index in [1.807, 2.05) is 22.6 Å². The van der Waals surface area contributed by atoms with Crippen molar-refractivity contribution in [2.75, 3.05) is 4.72 Å². The van der Waals surface area contributed by atoms with E-state index in [9.17, 15) is 23.1 Å². The van der Waals surface area contributed by atoms with Gasteiger partial charge in [-0.1, -0.05) is 29.3 Å². The summed E-state index contributed by atoms with van der Waals surface area (Å²) < 4.78 is 34.1. The molecule has 14 heteroatoms. The van der Waals surface area contributed by atoms with E-state index in [2.05, 4.69) is 19.4 Å². The number of nitrogens with one attached hydrogen (secondary N) is 2. The van der Waals surface area contributed by atoms with E-state index in [0.717, 1.165) is 11.5 Å². The van der Waals surface area contributed by atoms with Gasteiger partial charge in [-0.2, -0.15) is 12.8 Å². The van der Waals surface area contributed by atoms with Gasteiger partial charge in [-0.05, 0) is 76.1 Å². The molecule has 0 bridgehead atoms. The zero-order valence-electron chi connectivity index (χ0n) is 17.9. The lowest BCUT2D eigenvalue weighted by atomic mass is 10.0. The summed E-state index contributed by atoms with van der Waals surface area (Å²) >= 11 is 15.2. The van der Waals surface area contributed by atoms with Crippen LogP contribution in [-0.4, -0.2) is 40.8 Å². The number of benzene rings is 2. The van der Waals surface area contributed by atoms with Gasteiger partial charge in [0.05, 0.1) is 27.5 Å². The number of hydrogen-bond donors (Lipinski definition) is 3. The van der Waals surface area contributed by atoms with Gasteiger partial charge in [0.15, 0.2) is 5.03 Å². The van der Waals surface area contributed by atoms with Crippen LogP contribution >= 0.6 is 57.3 Å². The van der Waals surface area contributed by atoms with Crippen molar-refractivity contribution >= 4 is 95.0 Å². The number of anilines is 1. The second kappa shape index (κ2) is 10.8. The number of amides is 1. The molecule has 0 unspecified atom stereocenters. The highest BCUT2D eigenvalue weighted by atomic mass is 127. The molecular weight excluding hydrogens is 662 g/mol. The second-order valence-corrected chi connectivity index (χ2v) is 12.0. The molecule has 1 atom stereocenters. The lowest BCUT2D eigenvalue weighted by Crippen LogP contribution is -2.42. The average molecular weight is 677 g/mol. The van der Waals surface area contributed by atoms with Gasteiger partial charge < -0.3 is 10.4 Å². The van der Waals surface area contributed by atoms with Gasteiger partial charge in [-0.25, -0.2) is 9.78 Å². The minimum Gasteiger partial charge on any atom is -0.480 e. The number of carbonyl (C=O) groups excluding carboxylic acids is 1. The summed E-state index contributed by atoms with van der Waals surface area (Å²) in [5.74, 6) is -2.08. The van der Waals surface area contributed by atoms with Crippen molar-refractivity contribution in [1.29, 1.82) is 0 Å². The standard InChI is InChI=1S/C22H15Cl2IN4O5S2/c23-12-2-1-11(16(24)8-12)7-18(22(31)32)28-20(30)14-4-3-13(25)9-17(14)29-36(33,34)21-15-10-27-35-19(15)5-6-26-21/h1-6,8-10,18,29H,7H2,(H,28,30)(H,31,32)/t18-/m0/s1. The summed E-state index contributed by atoms with van der Waals surface area (Å²) in [7, 11) is -4.21. The van der Waals surface area contributed by atoms with Crippen LogP contribution in [-0.2, 0) is 21.2 Å². The molecule has 0 saturated heterocycles. The number of aromatic nitrogens is 2. The normalized spacial score (nSPS) is 12.3. The lowest BCUT2D eigenvalue weighted by Gasteiger charge is -2.18. The largest absolute Gasteiger partial charge is 0.480 e. The minimum absolute atomic E-state index is 0.0324. The molecule has 4 rings (SSSR count). The van der Waals surface area contributed by atoms with Gasteiger partial charge in [0.2, 0.25) is 0 Å². The minimum atomic E-state index is -4.21. The molecule has 0 saturated carbocycles. The number of carboxylic acid groups (broad SMARTS) is 1. The molecule has 0 aliphatic heterocycles. The summed E-state index contributed by atoms with van der Waals surface area (Å²) in [6, 6.07) is 9.39. The van der Waals surface area contributed by atoms with Crippen LogP contribution in [0.5, 0.6) is 0 Å². The molecule has 2 aromatic heterocycles. The Bertz CT molecular complexity index is 1600. The van der Waals surface area contributed by atoms with E-state index in [0.29, 0.717) is 24.2 Å². The lowest BCUT2D eigenvalue weighted by molar-refractivity contribution is -0.139. The number of aliphatic carboxylic acids is 1. The molecule has 36 heavy (non-hydrogen) atoms. The highest BCUT2D eigenvalue weighted by Crippen LogP contribution is 2.28. The maximum atomic E-state index is 13.2. The van der Waals surface area contributed by atoms with Crippen molar-refractivity contribution in [2.24, 2.45) is 0 Å². The van der Waals surface area contributed by atoms with Crippen LogP contribution in [0, 0.1) is 3.57 Å². The highest BCUT2D eigenvalue weighted by Gasteiger charge is 2.26. The number of carboxylic acids is 1. The number of rotatable bonds is 8. The number of carbonyl (C=O) groups is 2. The molecular formula is C22H15Cl2IN4O5S2. The molecule has 0 fully saturated rings. The van der Waals surface area contributed by atoms with Crippen molar-refractivity contribution < 1.29 is 23.1 Å². The predicted octanol–water partition coefficient (Wildman–Crippen LogP) is 4.83. The zero-order chi connectivity index (χ0) is 26.0. The van der Waals surface area contributed by atoms with Gasteiger partial charge in [-0.3, -0.25) is 9.52 Å². The number of hydrogen-bond acceptors (Lipinski definition) is 7. The van der Waals surface area contributed by atoms with Crippen LogP contribution in [0.2, 0.25) is 10.0 Å². The molecule has 1 amide bonds. The fraction of sp³-hybridized carbons (Fsp3) is 0.0909. The first-order valence-corrected chi connectivity index (χ1v) is 14.1. The summed E-state index contributed by atoms with van der Waals surface area (Å²) in [6.07, 6.45) is 2.65. The molecule has 0 aliphatic carbocycles. The average Bonchev–Trinajstić information content (AvgIpc) is 3.28. The van der Waals surface area contributed by atoms with Crippen LogP contribution in [0.3, 0.4) is 0 Å². The molecule has 9 nitrogen and oxygen atoms in total. The van der Waals surface area contributed by atoms with Gasteiger partial charge in [0, 0.05) is 26.2 Å². The van der Waals surface area contributed by atoms with Crippen molar-refractivity contribution in [3.8, 4) is 0 Å². The number of sulfonamides is 1. The van der Waals surface area contributed by atoms with Crippen molar-refractivity contribution in [3.63, 3.8) is 0 Å². The first-order chi connectivity index (χ1) is 17.0. The van der Waals surface area contributed by atoms with Gasteiger partial charge in [0.1, 0.15) is 6.04 Å². The third-order valence-electron chi connectivity index (χ3n) is 5.01. The number of pyridine rings is 1. The Labute approximate surface area is 233 Å². The Kier molecular flexibility index (Phi) is 7.99. The van der Waals surface area contributed by atoms with E-state index >= 15 is 0 Å². The monoisotopic (exact) mass is 676 g/mol. The quantitative estimate of drug-likeness (QED) is 0.227. The van der Waals surface area contributed by atoms with E-state index < -0.39 is 27.9 Å². The molecule has 0 aliphatic rings. The molecule has 0 spiro atoms. The molecule has 0 radical (unpaired) electrons. The first kappa shape index (κ1) is 26.5. The van der Waals surface area contributed by atoms with Crippen LogP contribution in [0.4, 0.5) is 5.69 Å². The van der Waals surface area contributed by atoms with E-state index in [1.165, 1.54) is 30.6 Å².